The molecule has 4 aromatic rings. The van der Waals surface area contributed by atoms with E-state index in [0.29, 0.717) is 0 Å². The molecule has 3 aromatic carbocycles. The maximum absolute atomic E-state index is 4.96. The number of benzene rings is 3. The molecule has 1 heterocycles. The molecule has 0 N–H and O–H groups in total. The maximum Gasteiger partial charge on any atom is 0.126 e. The second-order valence-corrected chi connectivity index (χ2v) is 8.63. The van der Waals surface area contributed by atoms with Crippen molar-refractivity contribution in [1.82, 2.24) is 14.9 Å². The first kappa shape index (κ1) is 22.9. The number of unbranched alkanes of at least 4 members (excludes halogenated alkanes) is 1. The van der Waals surface area contributed by atoms with Crippen molar-refractivity contribution in [2.45, 2.75) is 52.2 Å². The molecule has 3 heteroatoms. The normalized spacial score (nSPS) is 12.1. The highest BCUT2D eigenvalue weighted by Crippen LogP contribution is 2.31. The Labute approximate surface area is 198 Å². The third-order valence-corrected chi connectivity index (χ3v) is 6.00. The summed E-state index contributed by atoms with van der Waals surface area (Å²) in [4.78, 5) is 12.3. The minimum Gasteiger partial charge on any atom is -0.286 e. The second kappa shape index (κ2) is 11.5. The molecule has 0 unspecified atom stereocenters. The number of hydrogen-bond donors (Lipinski definition) is 0. The average molecular weight is 436 g/mol. The van der Waals surface area contributed by atoms with Gasteiger partial charge < -0.3 is 0 Å². The van der Waals surface area contributed by atoms with Crippen LogP contribution in [0.5, 0.6) is 0 Å². The molecule has 1 atom stereocenters. The van der Waals surface area contributed by atoms with Crippen molar-refractivity contribution in [3.05, 3.63) is 120 Å². The smallest absolute Gasteiger partial charge is 0.126 e. The van der Waals surface area contributed by atoms with Crippen molar-refractivity contribution in [3.8, 4) is 11.3 Å². The van der Waals surface area contributed by atoms with E-state index in [4.69, 9.17) is 9.97 Å². The zero-order valence-electron chi connectivity index (χ0n) is 19.7. The largest absolute Gasteiger partial charge is 0.286 e. The minimum atomic E-state index is 0.217. The molecule has 0 saturated heterocycles. The Morgan fingerprint density at radius 1 is 0.727 bits per heavy atom. The van der Waals surface area contributed by atoms with Crippen LogP contribution in [0.4, 0.5) is 0 Å². The summed E-state index contributed by atoms with van der Waals surface area (Å²) in [6.07, 6.45) is 3.39. The fourth-order valence-corrected chi connectivity index (χ4v) is 4.35. The Morgan fingerprint density at radius 2 is 1.27 bits per heavy atom. The third-order valence-electron chi connectivity index (χ3n) is 6.00. The molecule has 0 saturated carbocycles. The lowest BCUT2D eigenvalue weighted by Crippen LogP contribution is -2.29. The van der Waals surface area contributed by atoms with E-state index in [1.54, 1.807) is 0 Å². The summed E-state index contributed by atoms with van der Waals surface area (Å²) in [5.74, 6) is 0.826. The highest BCUT2D eigenvalue weighted by atomic mass is 15.2. The average Bonchev–Trinajstić information content (AvgIpc) is 2.86. The number of rotatable bonds is 10. The molecular weight excluding hydrogens is 402 g/mol. The van der Waals surface area contributed by atoms with Gasteiger partial charge in [0.25, 0.3) is 0 Å². The van der Waals surface area contributed by atoms with E-state index < -0.39 is 0 Å². The first-order chi connectivity index (χ1) is 16.2. The van der Waals surface area contributed by atoms with Gasteiger partial charge in [-0.3, -0.25) is 4.90 Å². The van der Waals surface area contributed by atoms with Crippen LogP contribution in [-0.4, -0.2) is 14.9 Å². The fourth-order valence-electron chi connectivity index (χ4n) is 4.35. The molecular formula is C30H33N3. The lowest BCUT2D eigenvalue weighted by atomic mass is 10.0. The van der Waals surface area contributed by atoms with Crippen LogP contribution in [0.3, 0.4) is 0 Å². The van der Waals surface area contributed by atoms with Crippen LogP contribution in [0.15, 0.2) is 97.1 Å². The van der Waals surface area contributed by atoms with Gasteiger partial charge in [-0.05, 0) is 30.5 Å². The van der Waals surface area contributed by atoms with Gasteiger partial charge in [-0.15, -0.1) is 0 Å². The Hall–Kier alpha value is -3.30. The predicted molar refractivity (Wildman–Crippen MR) is 137 cm³/mol. The molecule has 0 fully saturated rings. The van der Waals surface area contributed by atoms with Gasteiger partial charge >= 0.3 is 0 Å². The van der Waals surface area contributed by atoms with E-state index in [1.807, 2.05) is 13.0 Å². The molecule has 168 valence electrons. The molecule has 3 nitrogen and oxygen atoms in total. The highest BCUT2D eigenvalue weighted by molar-refractivity contribution is 5.59. The van der Waals surface area contributed by atoms with Crippen LogP contribution in [0.1, 0.15) is 54.9 Å². The SMILES string of the molecule is CCCC[C@@H](c1cc(-c2ccccc2)nc(C)n1)N(Cc1ccccc1)Cc1ccccc1. The molecule has 4 rings (SSSR count). The summed E-state index contributed by atoms with van der Waals surface area (Å²) >= 11 is 0. The van der Waals surface area contributed by atoms with E-state index in [9.17, 15) is 0 Å². The molecule has 33 heavy (non-hydrogen) atoms. The maximum atomic E-state index is 4.96. The molecule has 0 bridgehead atoms. The van der Waals surface area contributed by atoms with Crippen molar-refractivity contribution in [3.63, 3.8) is 0 Å². The van der Waals surface area contributed by atoms with Crippen LogP contribution < -0.4 is 0 Å². The molecule has 0 aliphatic carbocycles. The Kier molecular flexibility index (Phi) is 7.99. The molecule has 1 aromatic heterocycles. The summed E-state index contributed by atoms with van der Waals surface area (Å²) in [7, 11) is 0. The van der Waals surface area contributed by atoms with E-state index in [0.717, 1.165) is 55.1 Å². The van der Waals surface area contributed by atoms with Gasteiger partial charge in [-0.2, -0.15) is 0 Å². The number of nitrogens with zero attached hydrogens (tertiary/aromatic N) is 3. The van der Waals surface area contributed by atoms with Gasteiger partial charge in [-0.1, -0.05) is 111 Å². The summed E-state index contributed by atoms with van der Waals surface area (Å²) < 4.78 is 0. The summed E-state index contributed by atoms with van der Waals surface area (Å²) in [6.45, 7) is 6.03. The quantitative estimate of drug-likeness (QED) is 0.260. The summed E-state index contributed by atoms with van der Waals surface area (Å²) in [6, 6.07) is 34.4. The van der Waals surface area contributed by atoms with Crippen molar-refractivity contribution in [2.24, 2.45) is 0 Å². The molecule has 0 aliphatic heterocycles. The molecule has 0 spiro atoms. The van der Waals surface area contributed by atoms with Crippen molar-refractivity contribution < 1.29 is 0 Å². The van der Waals surface area contributed by atoms with Gasteiger partial charge in [0.1, 0.15) is 5.82 Å². The van der Waals surface area contributed by atoms with Crippen molar-refractivity contribution in [2.75, 3.05) is 0 Å². The van der Waals surface area contributed by atoms with Crippen LogP contribution in [0, 0.1) is 6.92 Å². The predicted octanol–water partition coefficient (Wildman–Crippen LogP) is 7.39. The number of hydrogen-bond acceptors (Lipinski definition) is 3. The monoisotopic (exact) mass is 435 g/mol. The minimum absolute atomic E-state index is 0.217. The molecule has 0 amide bonds. The lowest BCUT2D eigenvalue weighted by molar-refractivity contribution is 0.163. The topological polar surface area (TPSA) is 29.0 Å². The second-order valence-electron chi connectivity index (χ2n) is 8.63. The first-order valence-corrected chi connectivity index (χ1v) is 12.0. The van der Waals surface area contributed by atoms with E-state index in [1.165, 1.54) is 11.1 Å². The van der Waals surface area contributed by atoms with Crippen LogP contribution in [-0.2, 0) is 13.1 Å². The van der Waals surface area contributed by atoms with Gasteiger partial charge in [0.2, 0.25) is 0 Å². The van der Waals surface area contributed by atoms with Crippen molar-refractivity contribution >= 4 is 0 Å². The van der Waals surface area contributed by atoms with Gasteiger partial charge in [-0.25, -0.2) is 9.97 Å². The number of aryl methyl sites for hydroxylation is 1. The Bertz CT molecular complexity index is 1070. The highest BCUT2D eigenvalue weighted by Gasteiger charge is 2.23. The van der Waals surface area contributed by atoms with Gasteiger partial charge in [0.15, 0.2) is 0 Å². The standard InChI is InChI=1S/C30H33N3/c1-3-4-20-30(29-21-28(31-24(2)32-29)27-18-12-7-13-19-27)33(22-25-14-8-5-9-15-25)23-26-16-10-6-11-17-26/h5-19,21,30H,3-4,20,22-23H2,1-2H3/t30-/m0/s1. The zero-order valence-corrected chi connectivity index (χ0v) is 19.7. The first-order valence-electron chi connectivity index (χ1n) is 12.0. The fraction of sp³-hybridized carbons (Fsp3) is 0.267. The lowest BCUT2D eigenvalue weighted by Gasteiger charge is -2.32. The summed E-state index contributed by atoms with van der Waals surface area (Å²) in [5.41, 5.74) is 5.89. The zero-order chi connectivity index (χ0) is 22.9. The van der Waals surface area contributed by atoms with E-state index >= 15 is 0 Å². The van der Waals surface area contributed by atoms with E-state index in [-0.39, 0.29) is 6.04 Å². The van der Waals surface area contributed by atoms with E-state index in [2.05, 4.69) is 103 Å². The van der Waals surface area contributed by atoms with Crippen LogP contribution in [0.2, 0.25) is 0 Å². The van der Waals surface area contributed by atoms with Gasteiger partial charge in [0, 0.05) is 18.7 Å². The molecule has 0 radical (unpaired) electrons. The Balaban J connectivity index is 1.74. The Morgan fingerprint density at radius 3 is 1.82 bits per heavy atom. The number of aromatic nitrogens is 2. The third kappa shape index (κ3) is 6.36. The van der Waals surface area contributed by atoms with Gasteiger partial charge in [0.05, 0.1) is 17.4 Å². The molecule has 0 aliphatic rings. The van der Waals surface area contributed by atoms with Crippen LogP contribution in [0.25, 0.3) is 11.3 Å². The van der Waals surface area contributed by atoms with Crippen molar-refractivity contribution in [1.29, 1.82) is 0 Å². The summed E-state index contributed by atoms with van der Waals surface area (Å²) in [5, 5.41) is 0. The van der Waals surface area contributed by atoms with Crippen LogP contribution >= 0.6 is 0 Å².